The summed E-state index contributed by atoms with van der Waals surface area (Å²) in [7, 11) is 16.8. The number of benzene rings is 1. The molecule has 12 fully saturated rings. The number of ether oxygens (including phenoxy) is 1. The van der Waals surface area contributed by atoms with Crippen LogP contribution in [0.1, 0.15) is 260 Å². The minimum absolute atomic E-state index is 0. The van der Waals surface area contributed by atoms with Crippen LogP contribution in [-0.2, 0) is 16.0 Å². The van der Waals surface area contributed by atoms with Crippen LogP contribution in [0.3, 0.4) is 0 Å². The zero-order valence-corrected chi connectivity index (χ0v) is 71.8. The van der Waals surface area contributed by atoms with Crippen LogP contribution in [0.4, 0.5) is 0 Å². The summed E-state index contributed by atoms with van der Waals surface area (Å²) in [5.74, 6) is 29.9. The van der Waals surface area contributed by atoms with Gasteiger partial charge >= 0.3 is 102 Å². The Balaban J connectivity index is 0.000000198. The summed E-state index contributed by atoms with van der Waals surface area (Å²) in [4.78, 5) is 20.2. The first-order valence-corrected chi connectivity index (χ1v) is 45.9. The number of carbonyl (C=O) groups excluding carboxylic acids is 1. The first-order chi connectivity index (χ1) is 55.2. The first kappa shape index (κ1) is 95.8. The summed E-state index contributed by atoms with van der Waals surface area (Å²) in [5.41, 5.74) is 1.04. The molecule has 12 heteroatoms. The van der Waals surface area contributed by atoms with Crippen molar-refractivity contribution >= 4 is 36.2 Å². The van der Waals surface area contributed by atoms with Gasteiger partial charge in [0.05, 0.1) is 12.2 Å². The summed E-state index contributed by atoms with van der Waals surface area (Å²) in [6.45, 7) is 20.8. The summed E-state index contributed by atoms with van der Waals surface area (Å²) in [6.07, 6.45) is 86.0. The van der Waals surface area contributed by atoms with Gasteiger partial charge in [-0.25, -0.2) is 0 Å². The number of allylic oxidation sites excluding steroid dienone is 20. The Morgan fingerprint density at radius 2 is 0.809 bits per heavy atom. The number of hydrogen-bond donors (Lipinski definition) is 3. The second-order valence-corrected chi connectivity index (χ2v) is 39.8. The molecule has 32 atom stereocenters. The number of fused-ring (bicyclic) bond motifs is 27. The van der Waals surface area contributed by atoms with E-state index in [9.17, 15) is 9.90 Å². The quantitative estimate of drug-likeness (QED) is 0.0748. The number of esters is 1. The standard InChI is InChI=1S/C15H18.C12H16.C10H14O2.C10H16O.5C8H12.C7H10.C4H9BN.CH4BNO.CH3BN.3CH4.BHN.H2/c1-2-4-12(5-3-1)6-8-14-10-13-7-9-15(14)11-13;1-2-8-5-7(1)11-9-3-4-10(6-9)12(8)11;1-7(11)12-6-10-5-8-2-3-9(10)4-8;1-10(2,11)9-6-7-3-4-8(9)5-7;5*1-6-4-7-2-3-8(6)5-7;1-2-7-4-3-6(1)5-7;1-2-3-4-6-5;1-3-2-4;1-3-2;;;;1-2;/h1-5,7,9,13-15H,6,8,10-11H2;1-2,7-12H,3-6H2;2-3,8-10H,4-6H2,1H3;3-4,7-9,11H,5-6H2,1-2H3;5*2-3,6-8H,4-5H2,1H3;1-2,6-7H,3-5H2;2-4H2,1H3;4H,1H3;1H3;3*1H4;2H;1H/i;;;;;;;;;;;;;;;;;1+2D. The van der Waals surface area contributed by atoms with Gasteiger partial charge in [-0.2, -0.15) is 0 Å². The van der Waals surface area contributed by atoms with Crippen LogP contribution in [0.5, 0.6) is 0 Å². The number of rotatable bonds is 9. The van der Waals surface area contributed by atoms with Crippen molar-refractivity contribution < 1.29 is 22.6 Å². The molecule has 0 aromatic heterocycles. The molecule has 1 aromatic carbocycles. The molecule has 0 heterocycles. The van der Waals surface area contributed by atoms with E-state index in [2.05, 4.69) is 223 Å². The van der Waals surface area contributed by atoms with Crippen LogP contribution in [0.15, 0.2) is 167 Å². The van der Waals surface area contributed by atoms with Crippen LogP contribution in [0.2, 0.25) is 0 Å². The second-order valence-electron chi connectivity index (χ2n) is 39.8. The Morgan fingerprint density at radius 1 is 0.478 bits per heavy atom. The van der Waals surface area contributed by atoms with Gasteiger partial charge in [0.25, 0.3) is 0 Å². The molecule has 8 nitrogen and oxygen atoms in total. The third-order valence-corrected chi connectivity index (χ3v) is 31.3. The fourth-order valence-corrected chi connectivity index (χ4v) is 25.3. The van der Waals surface area contributed by atoms with Gasteiger partial charge in [-0.05, 0) is 369 Å². The number of aryl methyl sites for hydroxylation is 1. The minimum atomic E-state index is -0.468. The van der Waals surface area contributed by atoms with Crippen molar-refractivity contribution in [3.8, 4) is 0 Å². The summed E-state index contributed by atoms with van der Waals surface area (Å²) < 4.78 is 15.0. The van der Waals surface area contributed by atoms with Crippen LogP contribution in [0, 0.1) is 195 Å². The average Bonchev–Trinajstić information content (AvgIpc) is 1.56. The molecule has 22 aliphatic carbocycles. The van der Waals surface area contributed by atoms with Gasteiger partial charge in [0.1, 0.15) is 0 Å². The molecule has 0 spiro atoms. The monoisotopic (exact) mass is 1570 g/mol. The van der Waals surface area contributed by atoms with Crippen LogP contribution in [0.25, 0.3) is 0 Å². The molecule has 22 bridgehead atoms. The molecule has 633 valence electrons. The van der Waals surface area contributed by atoms with E-state index in [1.54, 1.807) is 19.3 Å². The Morgan fingerprint density at radius 3 is 1.03 bits per heavy atom. The van der Waals surface area contributed by atoms with Gasteiger partial charge < -0.3 is 9.84 Å². The molecular formula is C103H165B4N4O4. The summed E-state index contributed by atoms with van der Waals surface area (Å²) in [6, 6.07) is 10.9. The molecule has 23 rings (SSSR count). The third kappa shape index (κ3) is 28.2. The van der Waals surface area contributed by atoms with Crippen molar-refractivity contribution in [2.24, 2.45) is 204 Å². The van der Waals surface area contributed by atoms with Gasteiger partial charge in [-0.3, -0.25) is 4.79 Å². The van der Waals surface area contributed by atoms with Crippen molar-refractivity contribution in [1.82, 2.24) is 0 Å². The van der Waals surface area contributed by atoms with Crippen LogP contribution in [-0.4, -0.2) is 79.1 Å². The van der Waals surface area contributed by atoms with Crippen molar-refractivity contribution in [2.45, 2.75) is 264 Å². The van der Waals surface area contributed by atoms with Crippen LogP contribution < -0.4 is 0 Å². The number of carbonyl (C=O) groups is 1. The topological polar surface area (TPSA) is 128 Å². The van der Waals surface area contributed by atoms with E-state index < -0.39 is 5.60 Å². The number of aliphatic hydroxyl groups is 1. The summed E-state index contributed by atoms with van der Waals surface area (Å²) >= 11 is 0. The van der Waals surface area contributed by atoms with Gasteiger partial charge in [-0.1, -0.05) is 209 Å². The van der Waals surface area contributed by atoms with E-state index in [0.29, 0.717) is 30.3 Å². The SMILES string of the molecule is C.C.C.C1=CC2CC1C1C3CCC(C3)C21.C1=CC2CC1CC2CCc1ccccc1.C1=CC2CCC1C2.CC(=O)OCC1CC2C=CC1C2.CC(C)(O)C1CC2C=CC1C2.CC1CC2C=CC1C2.CC1CC2C=CC1C2.CC1CC2C=CC1C2.CC1CC2C=CC1C2.CC1CC2C=CC1C2.CN=BO.[2H][3H].[B]=N.[B]=NC.[B]=NCCCC. The molecule has 0 aliphatic heterocycles. The average molecular weight is 1570 g/mol. The van der Waals surface area contributed by atoms with Gasteiger partial charge in [0.2, 0.25) is 0 Å². The van der Waals surface area contributed by atoms with Gasteiger partial charge in [0.15, 0.2) is 0 Å². The summed E-state index contributed by atoms with van der Waals surface area (Å²) in [5, 5.41) is 22.6. The van der Waals surface area contributed by atoms with Crippen molar-refractivity contribution in [1.29, 1.82) is 5.31 Å². The molecule has 115 heavy (non-hydrogen) atoms. The zero-order valence-electron chi connectivity index (χ0n) is 73.8. The zero-order chi connectivity index (χ0) is 81.8. The van der Waals surface area contributed by atoms with E-state index in [1.165, 1.54) is 174 Å². The third-order valence-electron chi connectivity index (χ3n) is 31.3. The molecule has 3 radical (unpaired) electrons. The number of hydrogen-bond acceptors (Lipinski definition) is 7. The maximum atomic E-state index is 10.6. The number of nitrogens with zero attached hydrogens (tertiary/aromatic N) is 3. The van der Waals surface area contributed by atoms with E-state index in [-0.39, 0.29) is 28.2 Å². The van der Waals surface area contributed by atoms with Crippen molar-refractivity contribution in [3.05, 3.63) is 157 Å². The predicted octanol–water partition coefficient (Wildman–Crippen LogP) is 26.1. The van der Waals surface area contributed by atoms with Gasteiger partial charge in [0, 0.05) is 9.89 Å². The molecular weight excluding hydrogens is 1400 g/mol. The predicted molar refractivity (Wildman–Crippen MR) is 495 cm³/mol. The van der Waals surface area contributed by atoms with Crippen molar-refractivity contribution in [2.75, 3.05) is 27.2 Å². The molecule has 12 saturated carbocycles. The molecule has 22 aliphatic rings. The van der Waals surface area contributed by atoms with Crippen LogP contribution >= 0.6 is 0 Å². The Labute approximate surface area is 712 Å². The second kappa shape index (κ2) is 48.7. The molecule has 32 unspecified atom stereocenters. The molecule has 1 aromatic rings. The Bertz CT molecular complexity index is 3170. The molecule has 0 saturated heterocycles. The normalized spacial score (nSPS) is 40.2. The van der Waals surface area contributed by atoms with E-state index in [4.69, 9.17) is 25.7 Å². The molecule has 3 N–H and O–H groups in total. The number of nitrogens with one attached hydrogen (secondary N) is 1. The van der Waals surface area contributed by atoms with Crippen molar-refractivity contribution in [3.63, 3.8) is 0 Å². The van der Waals surface area contributed by atoms with E-state index in [1.807, 2.05) is 13.8 Å². The number of unbranched alkanes of at least 4 members (excludes halogenated alkanes) is 1. The van der Waals surface area contributed by atoms with E-state index >= 15 is 0 Å². The molecule has 0 amide bonds. The van der Waals surface area contributed by atoms with E-state index in [0.717, 1.165) is 186 Å². The first-order valence-electron chi connectivity index (χ1n) is 46.9. The fraction of sp³-hybridized carbons (Fsp3) is 0.738. The fourth-order valence-electron chi connectivity index (χ4n) is 25.3. The van der Waals surface area contributed by atoms with Gasteiger partial charge in [-0.15, -0.1) is 0 Å². The Kier molecular flexibility index (Phi) is 40.5. The maximum absolute atomic E-state index is 10.6. The Hall–Kier alpha value is -4.69.